The number of benzene rings is 1. The third kappa shape index (κ3) is 4.59. The van der Waals surface area contributed by atoms with E-state index < -0.39 is 12.1 Å². The molecule has 2 N–H and O–H groups in total. The van der Waals surface area contributed by atoms with Crippen LogP contribution in [0.3, 0.4) is 0 Å². The molecule has 0 radical (unpaired) electrons. The van der Waals surface area contributed by atoms with Crippen LogP contribution in [-0.4, -0.2) is 37.0 Å². The van der Waals surface area contributed by atoms with Crippen molar-refractivity contribution in [2.45, 2.75) is 19.5 Å². The number of halogens is 1. The van der Waals surface area contributed by atoms with Gasteiger partial charge in [0, 0.05) is 17.6 Å². The topological polar surface area (TPSA) is 74.6 Å². The summed E-state index contributed by atoms with van der Waals surface area (Å²) in [4.78, 5) is 24.9. The molecule has 3 amide bonds. The van der Waals surface area contributed by atoms with Crippen molar-refractivity contribution in [3.8, 4) is 11.3 Å². The van der Waals surface area contributed by atoms with Crippen LogP contribution in [0.1, 0.15) is 12.7 Å². The zero-order chi connectivity index (χ0) is 17.7. The average Bonchev–Trinajstić information content (AvgIpc) is 3.02. The fourth-order valence-corrected chi connectivity index (χ4v) is 2.22. The van der Waals surface area contributed by atoms with Crippen molar-refractivity contribution in [2.75, 3.05) is 14.1 Å². The summed E-state index contributed by atoms with van der Waals surface area (Å²) in [5.41, 5.74) is 0.929. The largest absolute Gasteiger partial charge is 0.460 e. The van der Waals surface area contributed by atoms with E-state index in [0.717, 1.165) is 17.1 Å². The summed E-state index contributed by atoms with van der Waals surface area (Å²) in [7, 11) is 3.25. The summed E-state index contributed by atoms with van der Waals surface area (Å²) in [5.74, 6) is 1.08. The molecule has 7 heteroatoms. The lowest BCUT2D eigenvalue weighted by Gasteiger charge is -2.22. The first-order valence-corrected chi connectivity index (χ1v) is 7.86. The van der Waals surface area contributed by atoms with Gasteiger partial charge in [0.25, 0.3) is 0 Å². The maximum absolute atomic E-state index is 11.9. The molecule has 24 heavy (non-hydrogen) atoms. The molecule has 0 aliphatic rings. The van der Waals surface area contributed by atoms with Crippen molar-refractivity contribution >= 4 is 23.5 Å². The molecule has 1 aromatic carbocycles. The minimum absolute atomic E-state index is 0.374. The van der Waals surface area contributed by atoms with Crippen LogP contribution in [0.5, 0.6) is 0 Å². The number of carbonyl (C=O) groups is 2. The summed E-state index contributed by atoms with van der Waals surface area (Å²) in [6.07, 6.45) is 0. The van der Waals surface area contributed by atoms with E-state index in [0.29, 0.717) is 11.6 Å². The van der Waals surface area contributed by atoms with Crippen LogP contribution in [0.4, 0.5) is 4.79 Å². The van der Waals surface area contributed by atoms with Gasteiger partial charge in [0.2, 0.25) is 5.91 Å². The predicted molar refractivity (Wildman–Crippen MR) is 92.7 cm³/mol. The smallest absolute Gasteiger partial charge is 0.321 e. The van der Waals surface area contributed by atoms with Gasteiger partial charge in [0.05, 0.1) is 12.6 Å². The molecule has 0 bridgehead atoms. The van der Waals surface area contributed by atoms with Gasteiger partial charge in [-0.25, -0.2) is 4.79 Å². The average molecular weight is 350 g/mol. The Morgan fingerprint density at radius 3 is 2.50 bits per heavy atom. The number of imide groups is 1. The van der Waals surface area contributed by atoms with Gasteiger partial charge in [-0.3, -0.25) is 15.0 Å². The van der Waals surface area contributed by atoms with E-state index in [4.69, 9.17) is 16.0 Å². The fraction of sp³-hybridized carbons (Fsp3) is 0.294. The van der Waals surface area contributed by atoms with Crippen LogP contribution in [-0.2, 0) is 11.3 Å². The van der Waals surface area contributed by atoms with E-state index in [1.54, 1.807) is 31.0 Å². The maximum Gasteiger partial charge on any atom is 0.321 e. The number of urea groups is 1. The van der Waals surface area contributed by atoms with E-state index in [1.165, 1.54) is 7.05 Å². The highest BCUT2D eigenvalue weighted by Crippen LogP contribution is 2.24. The van der Waals surface area contributed by atoms with Crippen LogP contribution in [0.15, 0.2) is 40.8 Å². The molecule has 0 spiro atoms. The molecule has 128 valence electrons. The van der Waals surface area contributed by atoms with E-state index in [2.05, 4.69) is 10.6 Å². The molecular formula is C17H20ClN3O3. The minimum Gasteiger partial charge on any atom is -0.460 e. The standard InChI is InChI=1S/C17H20ClN3O3/c1-11(16(22)20-17(23)19-2)21(3)10-14-8-9-15(24-14)12-4-6-13(18)7-5-12/h4-9,11H,10H2,1-3H3,(H2,19,20,22,23). The Labute approximate surface area is 145 Å². The SMILES string of the molecule is CNC(=O)NC(=O)C(C)N(C)Cc1ccc(-c2ccc(Cl)cc2)o1. The molecule has 0 saturated carbocycles. The van der Waals surface area contributed by atoms with E-state index >= 15 is 0 Å². The highest BCUT2D eigenvalue weighted by atomic mass is 35.5. The van der Waals surface area contributed by atoms with Crippen molar-refractivity contribution in [3.05, 3.63) is 47.2 Å². The zero-order valence-electron chi connectivity index (χ0n) is 13.8. The second-order valence-corrected chi connectivity index (χ2v) is 5.87. The Hall–Kier alpha value is -2.31. The van der Waals surface area contributed by atoms with E-state index in [1.807, 2.05) is 24.3 Å². The second-order valence-electron chi connectivity index (χ2n) is 5.43. The zero-order valence-corrected chi connectivity index (χ0v) is 14.6. The molecule has 1 aromatic heterocycles. The molecule has 2 rings (SSSR count). The summed E-state index contributed by atoms with van der Waals surface area (Å²) < 4.78 is 5.82. The lowest BCUT2D eigenvalue weighted by atomic mass is 10.2. The van der Waals surface area contributed by atoms with E-state index in [9.17, 15) is 9.59 Å². The summed E-state index contributed by atoms with van der Waals surface area (Å²) in [5, 5.41) is 5.27. The number of likely N-dealkylation sites (N-methyl/N-ethyl adjacent to an activating group) is 1. The molecule has 2 aromatic rings. The van der Waals surface area contributed by atoms with Gasteiger partial charge in [0.1, 0.15) is 11.5 Å². The Bertz CT molecular complexity index is 712. The van der Waals surface area contributed by atoms with Gasteiger partial charge >= 0.3 is 6.03 Å². The van der Waals surface area contributed by atoms with Gasteiger partial charge in [-0.2, -0.15) is 0 Å². The number of carbonyl (C=O) groups excluding carboxylic acids is 2. The minimum atomic E-state index is -0.525. The Morgan fingerprint density at radius 1 is 1.21 bits per heavy atom. The highest BCUT2D eigenvalue weighted by Gasteiger charge is 2.20. The van der Waals surface area contributed by atoms with Crippen molar-refractivity contribution in [3.63, 3.8) is 0 Å². The summed E-state index contributed by atoms with van der Waals surface area (Å²) in [6.45, 7) is 2.16. The van der Waals surface area contributed by atoms with Crippen molar-refractivity contribution in [1.82, 2.24) is 15.5 Å². The second kappa shape index (κ2) is 7.99. The summed E-state index contributed by atoms with van der Waals surface area (Å²) >= 11 is 5.88. The third-order valence-electron chi connectivity index (χ3n) is 3.70. The fourth-order valence-electron chi connectivity index (χ4n) is 2.09. The quantitative estimate of drug-likeness (QED) is 0.870. The molecule has 0 saturated heterocycles. The summed E-state index contributed by atoms with van der Waals surface area (Å²) in [6, 6.07) is 10.1. The number of hydrogen-bond donors (Lipinski definition) is 2. The number of rotatable bonds is 5. The maximum atomic E-state index is 11.9. The van der Waals surface area contributed by atoms with Crippen molar-refractivity contribution in [2.24, 2.45) is 0 Å². The van der Waals surface area contributed by atoms with Crippen molar-refractivity contribution in [1.29, 1.82) is 0 Å². The number of nitrogens with zero attached hydrogens (tertiary/aromatic N) is 1. The first-order valence-electron chi connectivity index (χ1n) is 7.48. The molecule has 0 aliphatic carbocycles. The number of furan rings is 1. The van der Waals surface area contributed by atoms with Gasteiger partial charge < -0.3 is 9.73 Å². The number of hydrogen-bond acceptors (Lipinski definition) is 4. The number of nitrogens with one attached hydrogen (secondary N) is 2. The lowest BCUT2D eigenvalue weighted by Crippen LogP contribution is -2.47. The van der Waals surface area contributed by atoms with Gasteiger partial charge in [-0.05, 0) is 50.4 Å². The van der Waals surface area contributed by atoms with Gasteiger partial charge in [-0.15, -0.1) is 0 Å². The molecule has 0 fully saturated rings. The first kappa shape index (κ1) is 18.0. The first-order chi connectivity index (χ1) is 11.4. The van der Waals surface area contributed by atoms with E-state index in [-0.39, 0.29) is 5.91 Å². The molecule has 1 atom stereocenters. The van der Waals surface area contributed by atoms with Gasteiger partial charge in [-0.1, -0.05) is 11.6 Å². The van der Waals surface area contributed by atoms with Crippen LogP contribution in [0.25, 0.3) is 11.3 Å². The molecule has 1 heterocycles. The molecule has 0 aliphatic heterocycles. The monoisotopic (exact) mass is 349 g/mol. The number of amides is 3. The van der Waals surface area contributed by atoms with Crippen LogP contribution >= 0.6 is 11.6 Å². The highest BCUT2D eigenvalue weighted by molar-refractivity contribution is 6.30. The van der Waals surface area contributed by atoms with Crippen LogP contribution in [0, 0.1) is 0 Å². The normalized spacial score (nSPS) is 12.0. The molecular weight excluding hydrogens is 330 g/mol. The Balaban J connectivity index is 1.99. The van der Waals surface area contributed by atoms with Crippen molar-refractivity contribution < 1.29 is 14.0 Å². The molecule has 1 unspecified atom stereocenters. The van der Waals surface area contributed by atoms with Crippen LogP contribution < -0.4 is 10.6 Å². The lowest BCUT2D eigenvalue weighted by molar-refractivity contribution is -0.124. The predicted octanol–water partition coefficient (Wildman–Crippen LogP) is 2.88. The third-order valence-corrected chi connectivity index (χ3v) is 3.95. The van der Waals surface area contributed by atoms with Crippen LogP contribution in [0.2, 0.25) is 5.02 Å². The van der Waals surface area contributed by atoms with Gasteiger partial charge in [0.15, 0.2) is 0 Å². The molecule has 6 nitrogen and oxygen atoms in total. The Kier molecular flexibility index (Phi) is 6.00. The Morgan fingerprint density at radius 2 is 1.88 bits per heavy atom.